The molecule has 0 bridgehead atoms. The van der Waals surface area contributed by atoms with E-state index in [-0.39, 0.29) is 0 Å². The molecule has 0 N–H and O–H groups in total. The van der Waals surface area contributed by atoms with E-state index < -0.39 is 0 Å². The summed E-state index contributed by atoms with van der Waals surface area (Å²) in [4.78, 5) is 0. The van der Waals surface area contributed by atoms with E-state index >= 15 is 0 Å². The van der Waals surface area contributed by atoms with E-state index in [1.165, 1.54) is 324 Å². The lowest BCUT2D eigenvalue weighted by molar-refractivity contribution is 1.53. The van der Waals surface area contributed by atoms with E-state index in [0.717, 1.165) is 0 Å². The highest BCUT2D eigenvalue weighted by atomic mass is 32.1. The zero-order valence-corrected chi connectivity index (χ0v) is 82.2. The Balaban J connectivity index is 0.0000000999. The lowest BCUT2D eigenvalue weighted by atomic mass is 9.77. The van der Waals surface area contributed by atoms with Crippen molar-refractivity contribution in [1.82, 2.24) is 0 Å². The second-order valence-electron chi connectivity index (χ2n) is 39.5. The highest BCUT2D eigenvalue weighted by Gasteiger charge is 2.32. The van der Waals surface area contributed by atoms with Gasteiger partial charge < -0.3 is 0 Å². The van der Waals surface area contributed by atoms with E-state index in [1.54, 1.807) is 0 Å². The minimum absolute atomic E-state index is 1.25. The second-order valence-corrected chi connectivity index (χ2v) is 42.6. The summed E-state index contributed by atoms with van der Waals surface area (Å²) in [6.07, 6.45) is 0. The van der Waals surface area contributed by atoms with Crippen LogP contribution in [0.4, 0.5) is 0 Å². The van der Waals surface area contributed by atoms with Gasteiger partial charge in [-0.1, -0.05) is 443 Å². The van der Waals surface area contributed by atoms with Crippen LogP contribution in [0.2, 0.25) is 0 Å². The molecule has 30 aromatic rings. The molecule has 3 aliphatic carbocycles. The van der Waals surface area contributed by atoms with Crippen LogP contribution in [0.15, 0.2) is 510 Å². The van der Waals surface area contributed by atoms with Crippen molar-refractivity contribution in [2.45, 2.75) is 0 Å². The summed E-state index contributed by atoms with van der Waals surface area (Å²) < 4.78 is 8.02. The molecular weight excluding hydrogens is 1830 g/mol. The average Bonchev–Trinajstić information content (AvgIpc) is 1.68. The number of fused-ring (bicyclic) bond motifs is 51. The summed E-state index contributed by atoms with van der Waals surface area (Å²) in [5, 5.41) is 31.3. The van der Waals surface area contributed by atoms with Crippen LogP contribution in [0, 0.1) is 0 Å². The Bertz CT molecular complexity index is 10700. The van der Waals surface area contributed by atoms with Crippen LogP contribution in [-0.4, -0.2) is 0 Å². The third kappa shape index (κ3) is 12.9. The highest BCUT2D eigenvalue weighted by Crippen LogP contribution is 2.59. The van der Waals surface area contributed by atoms with E-state index in [4.69, 9.17) is 0 Å². The predicted molar refractivity (Wildman–Crippen MR) is 638 cm³/mol. The number of rotatable bonds is 3. The minimum Gasteiger partial charge on any atom is -0.135 e. The molecule has 0 aliphatic heterocycles. The molecule has 3 heterocycles. The molecule has 0 atom stereocenters. The van der Waals surface area contributed by atoms with Crippen LogP contribution >= 0.6 is 34.0 Å². The van der Waals surface area contributed by atoms with Gasteiger partial charge in [-0.3, -0.25) is 0 Å². The van der Waals surface area contributed by atoms with Gasteiger partial charge in [-0.15, -0.1) is 34.0 Å². The van der Waals surface area contributed by atoms with E-state index in [0.29, 0.717) is 0 Å². The van der Waals surface area contributed by atoms with Crippen molar-refractivity contribution < 1.29 is 0 Å². The molecule has 33 rings (SSSR count). The third-order valence-electron chi connectivity index (χ3n) is 31.9. The van der Waals surface area contributed by atoms with Gasteiger partial charge in [0.1, 0.15) is 0 Å². The lowest BCUT2D eigenvalue weighted by Gasteiger charge is -2.26. The summed E-state index contributed by atoms with van der Waals surface area (Å²) in [5.74, 6) is 0. The first kappa shape index (κ1) is 83.5. The predicted octanol–water partition coefficient (Wildman–Crippen LogP) is 42.5. The molecule has 0 saturated heterocycles. The first-order chi connectivity index (χ1) is 73.0. The van der Waals surface area contributed by atoms with Gasteiger partial charge >= 0.3 is 0 Å². The molecule has 27 aromatic carbocycles. The van der Waals surface area contributed by atoms with Gasteiger partial charge in [0.25, 0.3) is 0 Å². The Labute approximate surface area is 860 Å². The van der Waals surface area contributed by atoms with Gasteiger partial charge in [0.2, 0.25) is 0 Å². The maximum absolute atomic E-state index is 2.49. The molecular formula is C144H84S3. The summed E-state index contributed by atoms with van der Waals surface area (Å²) in [5.41, 5.74) is 38.2. The maximum atomic E-state index is 2.49. The SMILES string of the molecule is c1ccc2c(c1)-c1cc3c4ccccc4c4ccccc4c3cc1-c1cccc(-c3cccc4c3sc3ccccc34)c1-c1ccccc1-2.c1ccc2c(c1)-c1ccccc1-c1cc3c4ccccc4c4ccccc4c3cc1-c1cc(-c3cccc4c3sc3ccccc34)ccc1-2.c1ccc2c(c1)-c1ccccc1-c1cc3c4ccccc4c4ccccc4c3cc1-c1ccc(-c3cccc4c3sc3ccccc34)cc1-2. The first-order valence-corrected chi connectivity index (χ1v) is 53.3. The lowest BCUT2D eigenvalue weighted by Crippen LogP contribution is -1.99. The van der Waals surface area contributed by atoms with Crippen molar-refractivity contribution in [2.75, 3.05) is 0 Å². The topological polar surface area (TPSA) is 0 Å². The van der Waals surface area contributed by atoms with Gasteiger partial charge in [0.05, 0.1) is 0 Å². The second kappa shape index (κ2) is 33.3. The van der Waals surface area contributed by atoms with Crippen molar-refractivity contribution in [2.24, 2.45) is 0 Å². The van der Waals surface area contributed by atoms with Crippen molar-refractivity contribution in [3.63, 3.8) is 0 Å². The Morgan fingerprint density at radius 3 is 0.551 bits per heavy atom. The van der Waals surface area contributed by atoms with Crippen molar-refractivity contribution in [1.29, 1.82) is 0 Å². The molecule has 0 fully saturated rings. The van der Waals surface area contributed by atoms with Crippen LogP contribution in [0.5, 0.6) is 0 Å². The standard InChI is InChI=1S/3C48H28S/c1-5-16-35-31(12-1)32-13-2-8-19-38(32)45-27-43-36-17-6-3-14-33(36)34-15-4-7-18-37(34)44(43)28-46(45)39-25-24-29(26-42(35)39)30-21-11-22-41-40-20-9-10-23-47(40)49-48(30)41;1-4-17-33-29(13-1)30-14-2-5-18-34(30)43-28-45-39-23-11-22-38(41-25-12-24-40-36-20-9-10-26-46(36)49-48(40)41)47(39)37-21-8-7-16-32(37)31-15-3-6-19-35(31)44(45)27-42(33)43;1-2-16-35-31(12-1)32-13-3-8-19-38(32)45-27-43-36-17-6-4-14-33(36)34-15-5-7-18-37(34)44(43)28-46(45)42-26-29(24-25-39(35)42)30-21-11-22-41-40-20-9-10-23-47(40)49-48(30)41/h3*1-28H. The average molecular weight is 1910 g/mol. The Morgan fingerprint density at radius 1 is 0.0884 bits per heavy atom. The van der Waals surface area contributed by atoms with E-state index in [2.05, 4.69) is 510 Å². The van der Waals surface area contributed by atoms with Crippen LogP contribution in [-0.2, 0) is 0 Å². The molecule has 0 nitrogen and oxygen atoms in total. The summed E-state index contributed by atoms with van der Waals surface area (Å²) in [7, 11) is 0. The molecule has 3 aromatic heterocycles. The zero-order valence-electron chi connectivity index (χ0n) is 79.7. The number of hydrogen-bond donors (Lipinski definition) is 0. The Kier molecular flexibility index (Phi) is 18.9. The smallest absolute Gasteiger partial charge is 0.0434 e. The van der Waals surface area contributed by atoms with Crippen molar-refractivity contribution in [3.8, 4) is 167 Å². The van der Waals surface area contributed by atoms with Crippen molar-refractivity contribution in [3.05, 3.63) is 510 Å². The largest absolute Gasteiger partial charge is 0.135 e. The Hall–Kier alpha value is -18.1. The van der Waals surface area contributed by atoms with E-state index in [9.17, 15) is 0 Å². The minimum atomic E-state index is 1.25. The fourth-order valence-corrected chi connectivity index (χ4v) is 29.1. The fraction of sp³-hybridized carbons (Fsp3) is 0. The number of hydrogen-bond acceptors (Lipinski definition) is 3. The number of thiophene rings is 3. The van der Waals surface area contributed by atoms with Gasteiger partial charge in [-0.2, -0.15) is 0 Å². The third-order valence-corrected chi connectivity index (χ3v) is 35.6. The first-order valence-electron chi connectivity index (χ1n) is 50.8. The van der Waals surface area contributed by atoms with Crippen molar-refractivity contribution >= 4 is 191 Å². The molecule has 147 heavy (non-hydrogen) atoms. The fourth-order valence-electron chi connectivity index (χ4n) is 25.4. The Morgan fingerprint density at radius 2 is 0.252 bits per heavy atom. The normalized spacial score (nSPS) is 12.1. The summed E-state index contributed by atoms with van der Waals surface area (Å²) in [6.45, 7) is 0. The van der Waals surface area contributed by atoms with Crippen LogP contribution < -0.4 is 0 Å². The molecule has 0 saturated carbocycles. The molecule has 678 valence electrons. The monoisotopic (exact) mass is 1910 g/mol. The van der Waals surface area contributed by atoms with Crippen LogP contribution in [0.1, 0.15) is 0 Å². The van der Waals surface area contributed by atoms with Crippen LogP contribution in [0.25, 0.3) is 324 Å². The zero-order chi connectivity index (χ0) is 96.2. The van der Waals surface area contributed by atoms with Gasteiger partial charge in [-0.25, -0.2) is 0 Å². The highest BCUT2D eigenvalue weighted by molar-refractivity contribution is 7.27. The summed E-state index contributed by atoms with van der Waals surface area (Å²) >= 11 is 5.70. The van der Waals surface area contributed by atoms with Crippen LogP contribution in [0.3, 0.4) is 0 Å². The van der Waals surface area contributed by atoms with Gasteiger partial charge in [0.15, 0.2) is 0 Å². The summed E-state index contributed by atoms with van der Waals surface area (Å²) in [6, 6.07) is 190. The van der Waals surface area contributed by atoms with E-state index in [1.807, 2.05) is 34.0 Å². The van der Waals surface area contributed by atoms with Gasteiger partial charge in [-0.05, 0) is 325 Å². The maximum Gasteiger partial charge on any atom is 0.0434 e. The molecule has 0 amide bonds. The quantitative estimate of drug-likeness (QED) is 0.155. The van der Waals surface area contributed by atoms with Gasteiger partial charge in [0, 0.05) is 66.1 Å². The molecule has 0 spiro atoms. The number of benzene rings is 27. The molecule has 0 radical (unpaired) electrons. The molecule has 3 aliphatic rings. The molecule has 3 heteroatoms. The molecule has 0 unspecified atom stereocenters.